The SMILES string of the molecule is Cc1ccc(NCc2ccc3c(c2)OCO3)cc1F. The first kappa shape index (κ1) is 11.8. The summed E-state index contributed by atoms with van der Waals surface area (Å²) >= 11 is 0. The zero-order valence-corrected chi connectivity index (χ0v) is 10.6. The topological polar surface area (TPSA) is 30.5 Å². The molecule has 1 N–H and O–H groups in total. The number of halogens is 1. The van der Waals surface area contributed by atoms with E-state index in [1.165, 1.54) is 6.07 Å². The van der Waals surface area contributed by atoms with Gasteiger partial charge in [-0.1, -0.05) is 12.1 Å². The summed E-state index contributed by atoms with van der Waals surface area (Å²) in [5.74, 6) is 1.33. The Morgan fingerprint density at radius 3 is 2.79 bits per heavy atom. The Hall–Kier alpha value is -2.23. The summed E-state index contributed by atoms with van der Waals surface area (Å²) in [5.41, 5.74) is 2.47. The number of hydrogen-bond donors (Lipinski definition) is 1. The van der Waals surface area contributed by atoms with Crippen molar-refractivity contribution in [2.75, 3.05) is 12.1 Å². The van der Waals surface area contributed by atoms with Gasteiger partial charge in [0.1, 0.15) is 5.82 Å². The van der Waals surface area contributed by atoms with Crippen molar-refractivity contribution in [3.05, 3.63) is 53.3 Å². The van der Waals surface area contributed by atoms with Gasteiger partial charge < -0.3 is 14.8 Å². The number of fused-ring (bicyclic) bond motifs is 1. The molecule has 0 amide bonds. The van der Waals surface area contributed by atoms with E-state index in [0.29, 0.717) is 12.1 Å². The van der Waals surface area contributed by atoms with E-state index in [9.17, 15) is 4.39 Å². The quantitative estimate of drug-likeness (QED) is 0.915. The van der Waals surface area contributed by atoms with Gasteiger partial charge in [-0.25, -0.2) is 4.39 Å². The monoisotopic (exact) mass is 259 g/mol. The molecule has 19 heavy (non-hydrogen) atoms. The van der Waals surface area contributed by atoms with Crippen LogP contribution in [-0.4, -0.2) is 6.79 Å². The fourth-order valence-corrected chi connectivity index (χ4v) is 1.96. The summed E-state index contributed by atoms with van der Waals surface area (Å²) in [6.45, 7) is 2.63. The van der Waals surface area contributed by atoms with E-state index < -0.39 is 0 Å². The lowest BCUT2D eigenvalue weighted by Gasteiger charge is -2.08. The third-order valence-corrected chi connectivity index (χ3v) is 3.11. The average molecular weight is 259 g/mol. The van der Waals surface area contributed by atoms with Gasteiger partial charge in [0, 0.05) is 12.2 Å². The van der Waals surface area contributed by atoms with Crippen LogP contribution in [-0.2, 0) is 6.54 Å². The van der Waals surface area contributed by atoms with Gasteiger partial charge in [-0.05, 0) is 42.3 Å². The molecule has 3 nitrogen and oxygen atoms in total. The van der Waals surface area contributed by atoms with E-state index in [2.05, 4.69) is 5.32 Å². The zero-order chi connectivity index (χ0) is 13.2. The van der Waals surface area contributed by atoms with Crippen LogP contribution in [0.3, 0.4) is 0 Å². The van der Waals surface area contributed by atoms with Crippen LogP contribution in [0, 0.1) is 12.7 Å². The van der Waals surface area contributed by atoms with Crippen molar-refractivity contribution in [3.63, 3.8) is 0 Å². The van der Waals surface area contributed by atoms with E-state index in [1.54, 1.807) is 13.0 Å². The third kappa shape index (κ3) is 2.47. The fraction of sp³-hybridized carbons (Fsp3) is 0.200. The summed E-state index contributed by atoms with van der Waals surface area (Å²) in [6.07, 6.45) is 0. The largest absolute Gasteiger partial charge is 0.454 e. The minimum atomic E-state index is -0.198. The Labute approximate surface area is 111 Å². The molecule has 0 aliphatic carbocycles. The molecular weight excluding hydrogens is 245 g/mol. The van der Waals surface area contributed by atoms with Crippen LogP contribution in [0.4, 0.5) is 10.1 Å². The van der Waals surface area contributed by atoms with Crippen molar-refractivity contribution < 1.29 is 13.9 Å². The first-order valence-corrected chi connectivity index (χ1v) is 6.11. The lowest BCUT2D eigenvalue weighted by molar-refractivity contribution is 0.174. The molecule has 0 unspecified atom stereocenters. The van der Waals surface area contributed by atoms with Gasteiger partial charge in [0.05, 0.1) is 0 Å². The normalized spacial score (nSPS) is 12.5. The van der Waals surface area contributed by atoms with Crippen LogP contribution in [0.1, 0.15) is 11.1 Å². The van der Waals surface area contributed by atoms with E-state index in [0.717, 1.165) is 22.7 Å². The molecule has 1 heterocycles. The third-order valence-electron chi connectivity index (χ3n) is 3.11. The maximum absolute atomic E-state index is 13.4. The Morgan fingerprint density at radius 2 is 1.95 bits per heavy atom. The molecule has 0 atom stereocenters. The van der Waals surface area contributed by atoms with Gasteiger partial charge in [0.2, 0.25) is 6.79 Å². The van der Waals surface area contributed by atoms with Gasteiger partial charge >= 0.3 is 0 Å². The van der Waals surface area contributed by atoms with Gasteiger partial charge in [0.15, 0.2) is 11.5 Å². The molecule has 0 spiro atoms. The minimum absolute atomic E-state index is 0.198. The van der Waals surface area contributed by atoms with Crippen LogP contribution >= 0.6 is 0 Å². The summed E-state index contributed by atoms with van der Waals surface area (Å²) in [5, 5.41) is 3.18. The molecule has 0 aromatic heterocycles. The van der Waals surface area contributed by atoms with Crippen LogP contribution < -0.4 is 14.8 Å². The lowest BCUT2D eigenvalue weighted by Crippen LogP contribution is -2.00. The molecule has 1 aliphatic rings. The molecular formula is C15H14FNO2. The molecule has 0 saturated heterocycles. The second kappa shape index (κ2) is 4.80. The Kier molecular flexibility index (Phi) is 2.99. The van der Waals surface area contributed by atoms with Crippen molar-refractivity contribution in [1.82, 2.24) is 0 Å². The number of anilines is 1. The highest BCUT2D eigenvalue weighted by molar-refractivity contribution is 5.48. The molecule has 2 aromatic rings. The Morgan fingerprint density at radius 1 is 1.11 bits per heavy atom. The summed E-state index contributed by atoms with van der Waals surface area (Å²) in [4.78, 5) is 0. The van der Waals surface area contributed by atoms with Crippen molar-refractivity contribution in [2.45, 2.75) is 13.5 Å². The maximum atomic E-state index is 13.4. The standard InChI is InChI=1S/C15H14FNO2/c1-10-2-4-12(7-13(10)16)17-8-11-3-5-14-15(6-11)19-9-18-14/h2-7,17H,8-9H2,1H3. The molecule has 0 saturated carbocycles. The van der Waals surface area contributed by atoms with Crippen molar-refractivity contribution >= 4 is 5.69 Å². The van der Waals surface area contributed by atoms with Gasteiger partial charge in [-0.3, -0.25) is 0 Å². The number of benzene rings is 2. The van der Waals surface area contributed by atoms with Crippen LogP contribution in [0.5, 0.6) is 11.5 Å². The number of rotatable bonds is 3. The van der Waals surface area contributed by atoms with Crippen molar-refractivity contribution in [2.24, 2.45) is 0 Å². The van der Waals surface area contributed by atoms with Crippen LogP contribution in [0.2, 0.25) is 0 Å². The highest BCUT2D eigenvalue weighted by Crippen LogP contribution is 2.32. The Bertz CT molecular complexity index is 613. The molecule has 0 radical (unpaired) electrons. The number of nitrogens with one attached hydrogen (secondary N) is 1. The fourth-order valence-electron chi connectivity index (χ4n) is 1.96. The van der Waals surface area contributed by atoms with Gasteiger partial charge in [0.25, 0.3) is 0 Å². The van der Waals surface area contributed by atoms with Crippen LogP contribution in [0.15, 0.2) is 36.4 Å². The van der Waals surface area contributed by atoms with E-state index >= 15 is 0 Å². The molecule has 4 heteroatoms. The highest BCUT2D eigenvalue weighted by atomic mass is 19.1. The highest BCUT2D eigenvalue weighted by Gasteiger charge is 2.12. The van der Waals surface area contributed by atoms with Crippen LogP contribution in [0.25, 0.3) is 0 Å². The van der Waals surface area contributed by atoms with E-state index in [1.807, 2.05) is 24.3 Å². The molecule has 2 aromatic carbocycles. The average Bonchev–Trinajstić information content (AvgIpc) is 2.87. The smallest absolute Gasteiger partial charge is 0.231 e. The number of hydrogen-bond acceptors (Lipinski definition) is 3. The molecule has 0 bridgehead atoms. The predicted molar refractivity (Wildman–Crippen MR) is 71.0 cm³/mol. The van der Waals surface area contributed by atoms with Gasteiger partial charge in [-0.15, -0.1) is 0 Å². The molecule has 3 rings (SSSR count). The summed E-state index contributed by atoms with van der Waals surface area (Å²) in [7, 11) is 0. The van der Waals surface area contributed by atoms with Gasteiger partial charge in [-0.2, -0.15) is 0 Å². The zero-order valence-electron chi connectivity index (χ0n) is 10.6. The Balaban J connectivity index is 1.70. The lowest BCUT2D eigenvalue weighted by atomic mass is 10.2. The maximum Gasteiger partial charge on any atom is 0.231 e. The number of aryl methyl sites for hydroxylation is 1. The second-order valence-electron chi connectivity index (χ2n) is 4.51. The van der Waals surface area contributed by atoms with E-state index in [4.69, 9.17) is 9.47 Å². The first-order chi connectivity index (χ1) is 9.22. The van der Waals surface area contributed by atoms with E-state index in [-0.39, 0.29) is 12.6 Å². The molecule has 0 fully saturated rings. The first-order valence-electron chi connectivity index (χ1n) is 6.11. The minimum Gasteiger partial charge on any atom is -0.454 e. The predicted octanol–water partition coefficient (Wildman–Crippen LogP) is 3.47. The second-order valence-corrected chi connectivity index (χ2v) is 4.51. The molecule has 1 aliphatic heterocycles. The van der Waals surface area contributed by atoms with Crippen molar-refractivity contribution in [1.29, 1.82) is 0 Å². The number of ether oxygens (including phenoxy) is 2. The summed E-state index contributed by atoms with van der Waals surface area (Å²) in [6, 6.07) is 10.9. The summed E-state index contributed by atoms with van der Waals surface area (Å²) < 4.78 is 24.0. The molecule has 98 valence electrons. The van der Waals surface area contributed by atoms with Crippen molar-refractivity contribution in [3.8, 4) is 11.5 Å².